The van der Waals surface area contributed by atoms with Gasteiger partial charge in [0.1, 0.15) is 5.52 Å². The number of hydrogen-bond acceptors (Lipinski definition) is 3. The number of imidazole rings is 1. The minimum atomic E-state index is 0.316. The van der Waals surface area contributed by atoms with Gasteiger partial charge in [0.2, 0.25) is 0 Å². The van der Waals surface area contributed by atoms with Crippen LogP contribution in [0.2, 0.25) is 0 Å². The third-order valence-corrected chi connectivity index (χ3v) is 5.19. The van der Waals surface area contributed by atoms with E-state index in [0.717, 1.165) is 34.7 Å². The van der Waals surface area contributed by atoms with Crippen LogP contribution in [0, 0.1) is 17.1 Å². The summed E-state index contributed by atoms with van der Waals surface area (Å²) < 4.78 is 5.15. The molecule has 0 amide bonds. The predicted octanol–water partition coefficient (Wildman–Crippen LogP) is 2.96. The van der Waals surface area contributed by atoms with E-state index in [2.05, 4.69) is 45.1 Å². The first-order valence-electron chi connectivity index (χ1n) is 7.78. The first-order chi connectivity index (χ1) is 9.93. The van der Waals surface area contributed by atoms with Crippen LogP contribution >= 0.6 is 12.2 Å². The van der Waals surface area contributed by atoms with Gasteiger partial charge in [0.05, 0.1) is 5.69 Å². The normalized spacial score (nSPS) is 19.4. The van der Waals surface area contributed by atoms with Crippen molar-refractivity contribution < 1.29 is 0 Å². The van der Waals surface area contributed by atoms with Gasteiger partial charge in [0, 0.05) is 13.1 Å². The molecule has 0 radical (unpaired) electrons. The molecule has 2 aromatic heterocycles. The first kappa shape index (κ1) is 14.8. The fourth-order valence-electron chi connectivity index (χ4n) is 3.33. The Labute approximate surface area is 130 Å². The minimum absolute atomic E-state index is 0.316. The molecule has 0 aliphatic carbocycles. The van der Waals surface area contributed by atoms with E-state index in [1.54, 1.807) is 0 Å². The van der Waals surface area contributed by atoms with Gasteiger partial charge in [-0.1, -0.05) is 6.92 Å². The smallest absolute Gasteiger partial charge is 0.179 e. The quantitative estimate of drug-likeness (QED) is 0.887. The van der Waals surface area contributed by atoms with Crippen molar-refractivity contribution in [2.75, 3.05) is 20.1 Å². The van der Waals surface area contributed by atoms with E-state index in [1.165, 1.54) is 25.9 Å². The SMILES string of the molecule is CCn1nc(C)c2[nH]c(=S)n(CC3(C)CCN(C)CC3)c21. The zero-order valence-corrected chi connectivity index (χ0v) is 14.3. The molecule has 1 aliphatic heterocycles. The second-order valence-electron chi connectivity index (χ2n) is 6.73. The van der Waals surface area contributed by atoms with Crippen LogP contribution < -0.4 is 0 Å². The van der Waals surface area contributed by atoms with E-state index >= 15 is 0 Å². The van der Waals surface area contributed by atoms with E-state index in [0.29, 0.717) is 5.41 Å². The van der Waals surface area contributed by atoms with Crippen LogP contribution in [0.15, 0.2) is 0 Å². The van der Waals surface area contributed by atoms with Gasteiger partial charge in [-0.2, -0.15) is 5.10 Å². The van der Waals surface area contributed by atoms with Gasteiger partial charge in [0.25, 0.3) is 0 Å². The van der Waals surface area contributed by atoms with Gasteiger partial charge in [0.15, 0.2) is 10.4 Å². The first-order valence-corrected chi connectivity index (χ1v) is 8.19. The highest BCUT2D eigenvalue weighted by Crippen LogP contribution is 2.33. The molecule has 0 aromatic carbocycles. The number of H-pyrrole nitrogens is 1. The number of aromatic amines is 1. The van der Waals surface area contributed by atoms with Crippen molar-refractivity contribution >= 4 is 23.4 Å². The second kappa shape index (κ2) is 5.25. The standard InChI is InChI=1S/C15H25N5S/c1-5-20-13-12(11(2)17-20)16-14(21)19(13)10-15(3)6-8-18(4)9-7-15/h5-10H2,1-4H3,(H,16,21). The fraction of sp³-hybridized carbons (Fsp3) is 0.733. The average Bonchev–Trinajstić information content (AvgIpc) is 2.93. The van der Waals surface area contributed by atoms with Crippen LogP contribution in [0.1, 0.15) is 32.4 Å². The molecule has 2 aromatic rings. The van der Waals surface area contributed by atoms with Crippen molar-refractivity contribution in [3.8, 4) is 0 Å². The molecule has 1 N–H and O–H groups in total. The lowest BCUT2D eigenvalue weighted by Gasteiger charge is -2.38. The van der Waals surface area contributed by atoms with Gasteiger partial charge in [-0.15, -0.1) is 0 Å². The maximum atomic E-state index is 5.57. The van der Waals surface area contributed by atoms with Crippen molar-refractivity contribution in [2.45, 2.75) is 46.7 Å². The number of aryl methyl sites for hydroxylation is 2. The van der Waals surface area contributed by atoms with Crippen LogP contribution in [0.25, 0.3) is 11.2 Å². The summed E-state index contributed by atoms with van der Waals surface area (Å²) >= 11 is 5.57. The fourth-order valence-corrected chi connectivity index (χ4v) is 3.58. The molecule has 21 heavy (non-hydrogen) atoms. The molecule has 6 heteroatoms. The summed E-state index contributed by atoms with van der Waals surface area (Å²) in [5.74, 6) is 0. The molecule has 1 aliphatic rings. The van der Waals surface area contributed by atoms with Gasteiger partial charge in [-0.05, 0) is 64.5 Å². The molecule has 0 bridgehead atoms. The van der Waals surface area contributed by atoms with Crippen LogP contribution in [0.4, 0.5) is 0 Å². The van der Waals surface area contributed by atoms with Crippen LogP contribution in [0.5, 0.6) is 0 Å². The van der Waals surface area contributed by atoms with Crippen molar-refractivity contribution in [3.63, 3.8) is 0 Å². The van der Waals surface area contributed by atoms with Crippen LogP contribution in [-0.4, -0.2) is 44.4 Å². The number of nitrogens with one attached hydrogen (secondary N) is 1. The monoisotopic (exact) mass is 307 g/mol. The number of nitrogens with zero attached hydrogens (tertiary/aromatic N) is 4. The Morgan fingerprint density at radius 2 is 2.00 bits per heavy atom. The number of fused-ring (bicyclic) bond motifs is 1. The van der Waals surface area contributed by atoms with Crippen molar-refractivity contribution in [2.24, 2.45) is 5.41 Å². The molecule has 1 saturated heterocycles. The molecule has 1 fully saturated rings. The lowest BCUT2D eigenvalue weighted by Crippen LogP contribution is -2.38. The average molecular weight is 307 g/mol. The van der Waals surface area contributed by atoms with E-state index in [-0.39, 0.29) is 0 Å². The van der Waals surface area contributed by atoms with E-state index in [9.17, 15) is 0 Å². The number of hydrogen-bond donors (Lipinski definition) is 1. The number of aromatic nitrogens is 4. The summed E-state index contributed by atoms with van der Waals surface area (Å²) in [6, 6.07) is 0. The molecule has 0 unspecified atom stereocenters. The zero-order chi connectivity index (χ0) is 15.2. The van der Waals surface area contributed by atoms with E-state index < -0.39 is 0 Å². The van der Waals surface area contributed by atoms with Crippen molar-refractivity contribution in [1.82, 2.24) is 24.2 Å². The maximum absolute atomic E-state index is 5.57. The van der Waals surface area contributed by atoms with Gasteiger partial charge in [-0.25, -0.2) is 4.68 Å². The highest BCUT2D eigenvalue weighted by Gasteiger charge is 2.30. The Kier molecular flexibility index (Phi) is 3.69. The summed E-state index contributed by atoms with van der Waals surface area (Å²) in [7, 11) is 2.20. The molecule has 3 heterocycles. The molecule has 5 nitrogen and oxygen atoms in total. The van der Waals surface area contributed by atoms with Crippen molar-refractivity contribution in [1.29, 1.82) is 0 Å². The summed E-state index contributed by atoms with van der Waals surface area (Å²) in [5.41, 5.74) is 3.60. The Bertz CT molecular complexity index is 700. The Hall–Kier alpha value is -1.14. The number of likely N-dealkylation sites (tertiary alicyclic amines) is 1. The Balaban J connectivity index is 2.00. The molecule has 0 spiro atoms. The highest BCUT2D eigenvalue weighted by atomic mass is 32.1. The molecular formula is C15H25N5S. The summed E-state index contributed by atoms with van der Waals surface area (Å²) in [6.45, 7) is 10.7. The second-order valence-corrected chi connectivity index (χ2v) is 7.12. The third-order valence-electron chi connectivity index (χ3n) is 4.87. The largest absolute Gasteiger partial charge is 0.328 e. The summed E-state index contributed by atoms with van der Waals surface area (Å²) in [6.07, 6.45) is 2.44. The lowest BCUT2D eigenvalue weighted by molar-refractivity contribution is 0.121. The minimum Gasteiger partial charge on any atom is -0.328 e. The highest BCUT2D eigenvalue weighted by molar-refractivity contribution is 7.71. The molecule has 0 saturated carbocycles. The summed E-state index contributed by atoms with van der Waals surface area (Å²) in [5, 5.41) is 4.61. The number of piperidine rings is 1. The molecule has 0 atom stereocenters. The lowest BCUT2D eigenvalue weighted by atomic mass is 9.80. The molecule has 3 rings (SSSR count). The van der Waals surface area contributed by atoms with Gasteiger partial charge in [-0.3, -0.25) is 0 Å². The zero-order valence-electron chi connectivity index (χ0n) is 13.4. The molecule has 116 valence electrons. The molecular weight excluding hydrogens is 282 g/mol. The maximum Gasteiger partial charge on any atom is 0.179 e. The van der Waals surface area contributed by atoms with Gasteiger partial charge >= 0.3 is 0 Å². The van der Waals surface area contributed by atoms with E-state index in [1.807, 2.05) is 6.92 Å². The van der Waals surface area contributed by atoms with E-state index in [4.69, 9.17) is 12.2 Å². The van der Waals surface area contributed by atoms with Gasteiger partial charge < -0.3 is 14.5 Å². The van der Waals surface area contributed by atoms with Crippen LogP contribution in [0.3, 0.4) is 0 Å². The Morgan fingerprint density at radius 3 is 2.62 bits per heavy atom. The predicted molar refractivity (Wildman–Crippen MR) is 88.2 cm³/mol. The topological polar surface area (TPSA) is 41.8 Å². The number of rotatable bonds is 3. The Morgan fingerprint density at radius 1 is 1.33 bits per heavy atom. The van der Waals surface area contributed by atoms with Crippen LogP contribution in [-0.2, 0) is 13.1 Å². The third kappa shape index (κ3) is 2.55. The summed E-state index contributed by atoms with van der Waals surface area (Å²) in [4.78, 5) is 5.76. The van der Waals surface area contributed by atoms with Crippen molar-refractivity contribution in [3.05, 3.63) is 10.5 Å².